The van der Waals surface area contributed by atoms with Crippen molar-refractivity contribution in [2.45, 2.75) is 63.9 Å². The lowest BCUT2D eigenvalue weighted by Gasteiger charge is -2.42. The van der Waals surface area contributed by atoms with Crippen LogP contribution in [0.5, 0.6) is 0 Å². The van der Waals surface area contributed by atoms with Crippen molar-refractivity contribution in [1.29, 1.82) is 0 Å². The fourth-order valence-electron chi connectivity index (χ4n) is 4.18. The fourth-order valence-corrected chi connectivity index (χ4v) is 4.18. The van der Waals surface area contributed by atoms with Gasteiger partial charge in [0.2, 0.25) is 5.91 Å². The van der Waals surface area contributed by atoms with Crippen LogP contribution in [0, 0.1) is 5.92 Å². The molecule has 0 bridgehead atoms. The first-order valence-electron chi connectivity index (χ1n) is 9.06. The second-order valence-electron chi connectivity index (χ2n) is 7.55. The molecule has 1 aromatic carbocycles. The molecule has 0 aromatic heterocycles. The maximum atomic E-state index is 12.4. The third-order valence-electron chi connectivity index (χ3n) is 5.69. The van der Waals surface area contributed by atoms with Gasteiger partial charge < -0.3 is 4.74 Å². The van der Waals surface area contributed by atoms with Gasteiger partial charge in [0, 0.05) is 18.9 Å². The van der Waals surface area contributed by atoms with E-state index >= 15 is 0 Å². The molecule has 1 aliphatic carbocycles. The molecule has 4 nitrogen and oxygen atoms in total. The Morgan fingerprint density at radius 1 is 1.12 bits per heavy atom. The molecule has 0 N–H and O–H groups in total. The number of amides is 2. The van der Waals surface area contributed by atoms with E-state index in [0.717, 1.165) is 32.1 Å². The van der Waals surface area contributed by atoms with Crippen LogP contribution < -0.4 is 0 Å². The topological polar surface area (TPSA) is 46.6 Å². The SMILES string of the molecule is CC(C)(c1ccccc1)[C@@H]1CCCC[C@H]1OC(=O)N1CCCC1=O. The Labute approximate surface area is 144 Å². The van der Waals surface area contributed by atoms with Crippen LogP contribution in [0.15, 0.2) is 30.3 Å². The minimum atomic E-state index is -0.446. The molecule has 1 saturated carbocycles. The van der Waals surface area contributed by atoms with E-state index in [1.807, 2.05) is 6.07 Å². The van der Waals surface area contributed by atoms with Gasteiger partial charge in [-0.15, -0.1) is 0 Å². The minimum absolute atomic E-state index is 0.0678. The lowest BCUT2D eigenvalue weighted by atomic mass is 9.66. The zero-order valence-electron chi connectivity index (χ0n) is 14.7. The Kier molecular flexibility index (Phi) is 4.93. The van der Waals surface area contributed by atoms with Gasteiger partial charge in [0.15, 0.2) is 0 Å². The third kappa shape index (κ3) is 3.33. The van der Waals surface area contributed by atoms with Gasteiger partial charge in [-0.2, -0.15) is 0 Å². The molecule has 130 valence electrons. The number of rotatable bonds is 3. The van der Waals surface area contributed by atoms with E-state index in [4.69, 9.17) is 4.74 Å². The van der Waals surface area contributed by atoms with E-state index in [-0.39, 0.29) is 23.3 Å². The van der Waals surface area contributed by atoms with Crippen molar-refractivity contribution in [2.24, 2.45) is 5.92 Å². The number of imide groups is 1. The summed E-state index contributed by atoms with van der Waals surface area (Å²) < 4.78 is 5.83. The Hall–Kier alpha value is -1.84. The van der Waals surface area contributed by atoms with Crippen molar-refractivity contribution in [2.75, 3.05) is 6.54 Å². The van der Waals surface area contributed by atoms with Gasteiger partial charge in [0.25, 0.3) is 0 Å². The summed E-state index contributed by atoms with van der Waals surface area (Å²) in [5.74, 6) is 0.171. The van der Waals surface area contributed by atoms with E-state index in [1.165, 1.54) is 10.5 Å². The summed E-state index contributed by atoms with van der Waals surface area (Å²) >= 11 is 0. The third-order valence-corrected chi connectivity index (χ3v) is 5.69. The summed E-state index contributed by atoms with van der Waals surface area (Å²) in [6.45, 7) is 4.97. The van der Waals surface area contributed by atoms with Gasteiger partial charge in [0.1, 0.15) is 6.10 Å². The normalized spacial score (nSPS) is 24.9. The largest absolute Gasteiger partial charge is 0.445 e. The summed E-state index contributed by atoms with van der Waals surface area (Å²) in [4.78, 5) is 25.5. The van der Waals surface area contributed by atoms with Crippen LogP contribution >= 0.6 is 0 Å². The van der Waals surface area contributed by atoms with Gasteiger partial charge in [-0.3, -0.25) is 4.79 Å². The number of carbonyl (C=O) groups is 2. The lowest BCUT2D eigenvalue weighted by Crippen LogP contribution is -2.44. The maximum Gasteiger partial charge on any atom is 0.416 e. The molecule has 1 aromatic rings. The summed E-state index contributed by atoms with van der Waals surface area (Å²) in [5, 5.41) is 0. The van der Waals surface area contributed by atoms with Crippen molar-refractivity contribution in [3.05, 3.63) is 35.9 Å². The van der Waals surface area contributed by atoms with Gasteiger partial charge in [-0.1, -0.05) is 50.6 Å². The minimum Gasteiger partial charge on any atom is -0.445 e. The predicted octanol–water partition coefficient (Wildman–Crippen LogP) is 4.28. The highest BCUT2D eigenvalue weighted by molar-refractivity contribution is 5.93. The molecule has 0 spiro atoms. The van der Waals surface area contributed by atoms with E-state index < -0.39 is 6.09 Å². The molecular weight excluding hydrogens is 302 g/mol. The summed E-state index contributed by atoms with van der Waals surface area (Å²) in [6, 6.07) is 10.4. The number of benzene rings is 1. The summed E-state index contributed by atoms with van der Waals surface area (Å²) in [6.07, 6.45) is 4.82. The van der Waals surface area contributed by atoms with E-state index in [1.54, 1.807) is 0 Å². The van der Waals surface area contributed by atoms with Crippen LogP contribution in [0.4, 0.5) is 4.79 Å². The van der Waals surface area contributed by atoms with Gasteiger partial charge in [0.05, 0.1) is 0 Å². The van der Waals surface area contributed by atoms with Crippen LogP contribution in [-0.2, 0) is 14.9 Å². The van der Waals surface area contributed by atoms with E-state index in [0.29, 0.717) is 13.0 Å². The summed E-state index contributed by atoms with van der Waals surface area (Å²) in [7, 11) is 0. The highest BCUT2D eigenvalue weighted by atomic mass is 16.6. The van der Waals surface area contributed by atoms with Crippen LogP contribution in [-0.4, -0.2) is 29.5 Å². The van der Waals surface area contributed by atoms with Crippen molar-refractivity contribution in [3.8, 4) is 0 Å². The Balaban J connectivity index is 1.76. The zero-order chi connectivity index (χ0) is 17.2. The van der Waals surface area contributed by atoms with Gasteiger partial charge in [-0.25, -0.2) is 9.69 Å². The number of ether oxygens (including phenoxy) is 1. The van der Waals surface area contributed by atoms with Crippen molar-refractivity contribution in [1.82, 2.24) is 4.90 Å². The highest BCUT2D eigenvalue weighted by Gasteiger charge is 2.41. The molecule has 1 aliphatic heterocycles. The molecule has 24 heavy (non-hydrogen) atoms. The molecule has 2 aliphatic rings. The molecule has 4 heteroatoms. The van der Waals surface area contributed by atoms with Crippen LogP contribution in [0.1, 0.15) is 57.9 Å². The molecule has 2 atom stereocenters. The maximum absolute atomic E-state index is 12.4. The first-order valence-corrected chi connectivity index (χ1v) is 9.06. The molecule has 2 amide bonds. The molecule has 1 saturated heterocycles. The van der Waals surface area contributed by atoms with Gasteiger partial charge >= 0.3 is 6.09 Å². The summed E-state index contributed by atoms with van der Waals surface area (Å²) in [5.41, 5.74) is 1.21. The second-order valence-corrected chi connectivity index (χ2v) is 7.55. The number of carbonyl (C=O) groups excluding carboxylic acids is 2. The average Bonchev–Trinajstić information content (AvgIpc) is 3.02. The standard InChI is InChI=1S/C20H27NO3/c1-20(2,15-9-4-3-5-10-15)16-11-6-7-12-17(16)24-19(23)21-14-8-13-18(21)22/h3-5,9-10,16-17H,6-8,11-14H2,1-2H3/t16-,17-/m1/s1. The van der Waals surface area contributed by atoms with Crippen molar-refractivity contribution < 1.29 is 14.3 Å². The van der Waals surface area contributed by atoms with E-state index in [9.17, 15) is 9.59 Å². The Morgan fingerprint density at radius 3 is 2.50 bits per heavy atom. The molecule has 1 heterocycles. The molecule has 0 unspecified atom stereocenters. The number of hydrogen-bond acceptors (Lipinski definition) is 3. The smallest absolute Gasteiger partial charge is 0.416 e. The first-order chi connectivity index (χ1) is 11.5. The number of hydrogen-bond donors (Lipinski definition) is 0. The van der Waals surface area contributed by atoms with Crippen LogP contribution in [0.2, 0.25) is 0 Å². The quantitative estimate of drug-likeness (QED) is 0.831. The lowest BCUT2D eigenvalue weighted by molar-refractivity contribution is -0.127. The molecular formula is C20H27NO3. The van der Waals surface area contributed by atoms with Crippen LogP contribution in [0.25, 0.3) is 0 Å². The van der Waals surface area contributed by atoms with Crippen molar-refractivity contribution in [3.63, 3.8) is 0 Å². The molecule has 2 fully saturated rings. The Morgan fingerprint density at radius 2 is 1.83 bits per heavy atom. The molecule has 0 radical (unpaired) electrons. The monoisotopic (exact) mass is 329 g/mol. The van der Waals surface area contributed by atoms with Gasteiger partial charge in [-0.05, 0) is 36.7 Å². The van der Waals surface area contributed by atoms with Crippen molar-refractivity contribution >= 4 is 12.0 Å². The van der Waals surface area contributed by atoms with E-state index in [2.05, 4.69) is 38.1 Å². The number of nitrogens with zero attached hydrogens (tertiary/aromatic N) is 1. The molecule has 3 rings (SSSR count). The fraction of sp³-hybridized carbons (Fsp3) is 0.600. The highest BCUT2D eigenvalue weighted by Crippen LogP contribution is 2.42. The average molecular weight is 329 g/mol. The van der Waals surface area contributed by atoms with Crippen LogP contribution in [0.3, 0.4) is 0 Å². The second kappa shape index (κ2) is 6.96. The zero-order valence-corrected chi connectivity index (χ0v) is 14.7. The predicted molar refractivity (Wildman–Crippen MR) is 92.6 cm³/mol. The first kappa shape index (κ1) is 17.0. The Bertz CT molecular complexity index is 596. The number of likely N-dealkylation sites (tertiary alicyclic amines) is 1.